The van der Waals surface area contributed by atoms with Gasteiger partial charge in [-0.3, -0.25) is 4.98 Å². The highest BCUT2D eigenvalue weighted by atomic mass is 14.6. The van der Waals surface area contributed by atoms with Gasteiger partial charge < -0.3 is 0 Å². The zero-order valence-electron chi connectivity index (χ0n) is 20.4. The van der Waals surface area contributed by atoms with Crippen LogP contribution in [0.15, 0.2) is 103 Å². The molecule has 1 aromatic heterocycles. The summed E-state index contributed by atoms with van der Waals surface area (Å²) in [5.41, 5.74) is 8.20. The number of hydrogen-bond acceptors (Lipinski definition) is 1. The van der Waals surface area contributed by atoms with Crippen molar-refractivity contribution >= 4 is 43.1 Å². The van der Waals surface area contributed by atoms with Gasteiger partial charge in [-0.2, -0.15) is 0 Å². The predicted molar refractivity (Wildman–Crippen MR) is 153 cm³/mol. The van der Waals surface area contributed by atoms with E-state index < -0.39 is 0 Å². The number of rotatable bonds is 1. The van der Waals surface area contributed by atoms with Gasteiger partial charge in [-0.25, -0.2) is 0 Å². The molecule has 5 aromatic carbocycles. The summed E-state index contributed by atoms with van der Waals surface area (Å²) in [7, 11) is 0. The highest BCUT2D eigenvalue weighted by Gasteiger charge is 2.34. The highest BCUT2D eigenvalue weighted by molar-refractivity contribution is 6.23. The zero-order chi connectivity index (χ0) is 24.0. The van der Waals surface area contributed by atoms with Crippen molar-refractivity contribution in [1.82, 2.24) is 4.98 Å². The van der Waals surface area contributed by atoms with Crippen LogP contribution in [0, 0.1) is 13.8 Å². The number of fused-ring (bicyclic) bond motifs is 8. The minimum Gasteiger partial charge on any atom is -0.264 e. The van der Waals surface area contributed by atoms with Crippen LogP contribution >= 0.6 is 0 Å². The number of benzene rings is 5. The van der Waals surface area contributed by atoms with Crippen LogP contribution in [0.4, 0.5) is 0 Å². The van der Waals surface area contributed by atoms with Gasteiger partial charge in [0.2, 0.25) is 0 Å². The van der Waals surface area contributed by atoms with Gasteiger partial charge in [0.1, 0.15) is 0 Å². The first-order valence-electron chi connectivity index (χ1n) is 12.8. The first-order valence-corrected chi connectivity index (χ1v) is 12.8. The molecule has 0 saturated carbocycles. The van der Waals surface area contributed by atoms with E-state index in [1.807, 2.05) is 12.4 Å². The molecule has 8 rings (SSSR count). The van der Waals surface area contributed by atoms with Crippen molar-refractivity contribution in [3.8, 4) is 11.1 Å². The summed E-state index contributed by atoms with van der Waals surface area (Å²) < 4.78 is 0. The maximum atomic E-state index is 4.48. The molecule has 1 heterocycles. The van der Waals surface area contributed by atoms with E-state index in [9.17, 15) is 0 Å². The van der Waals surface area contributed by atoms with Gasteiger partial charge >= 0.3 is 0 Å². The van der Waals surface area contributed by atoms with Crippen molar-refractivity contribution in [2.75, 3.05) is 0 Å². The second-order valence-corrected chi connectivity index (χ2v) is 10.5. The molecule has 0 N–H and O–H groups in total. The number of hydrogen-bond donors (Lipinski definition) is 0. The number of pyridine rings is 1. The molecular weight excluding hydrogens is 434 g/mol. The van der Waals surface area contributed by atoms with Crippen molar-refractivity contribution in [3.63, 3.8) is 0 Å². The van der Waals surface area contributed by atoms with Gasteiger partial charge in [-0.1, -0.05) is 78.4 Å². The largest absolute Gasteiger partial charge is 0.264 e. The molecular formula is C35H25N. The molecule has 6 aromatic rings. The summed E-state index contributed by atoms with van der Waals surface area (Å²) in [6.45, 7) is 4.46. The molecule has 2 aliphatic carbocycles. The van der Waals surface area contributed by atoms with E-state index in [-0.39, 0.29) is 0 Å². The van der Waals surface area contributed by atoms with Gasteiger partial charge in [0.25, 0.3) is 0 Å². The van der Waals surface area contributed by atoms with Crippen LogP contribution < -0.4 is 0 Å². The fourth-order valence-electron chi connectivity index (χ4n) is 6.87. The molecule has 0 fully saturated rings. The highest BCUT2D eigenvalue weighted by Crippen LogP contribution is 2.53. The Balaban J connectivity index is 1.58. The normalized spacial score (nSPS) is 18.1. The molecule has 2 aliphatic rings. The second kappa shape index (κ2) is 7.15. The van der Waals surface area contributed by atoms with Crippen LogP contribution in [0.1, 0.15) is 34.1 Å². The molecule has 2 unspecified atom stereocenters. The first-order chi connectivity index (χ1) is 17.7. The molecule has 170 valence electrons. The number of allylic oxidation sites excluding steroid dienone is 4. The van der Waals surface area contributed by atoms with Crippen molar-refractivity contribution in [3.05, 3.63) is 126 Å². The summed E-state index contributed by atoms with van der Waals surface area (Å²) in [5.74, 6) is 0.852. The van der Waals surface area contributed by atoms with Crippen molar-refractivity contribution in [2.24, 2.45) is 0 Å². The summed E-state index contributed by atoms with van der Waals surface area (Å²) in [4.78, 5) is 4.48. The van der Waals surface area contributed by atoms with Crippen LogP contribution in [-0.2, 0) is 0 Å². The lowest BCUT2D eigenvalue weighted by Crippen LogP contribution is -2.03. The molecule has 0 amide bonds. The lowest BCUT2D eigenvalue weighted by atomic mass is 9.85. The Morgan fingerprint density at radius 3 is 2.39 bits per heavy atom. The van der Waals surface area contributed by atoms with Crippen LogP contribution in [0.3, 0.4) is 0 Å². The van der Waals surface area contributed by atoms with E-state index in [0.717, 1.165) is 0 Å². The molecule has 1 nitrogen and oxygen atoms in total. The van der Waals surface area contributed by atoms with E-state index in [0.29, 0.717) is 11.8 Å². The Morgan fingerprint density at radius 2 is 1.47 bits per heavy atom. The average Bonchev–Trinajstić information content (AvgIpc) is 3.25. The Hall–Kier alpha value is -4.23. The Labute approximate surface area is 210 Å². The summed E-state index contributed by atoms with van der Waals surface area (Å²) in [5, 5.41) is 10.6. The van der Waals surface area contributed by atoms with E-state index in [4.69, 9.17) is 0 Å². The number of aromatic nitrogens is 1. The predicted octanol–water partition coefficient (Wildman–Crippen LogP) is 9.29. The van der Waals surface area contributed by atoms with Gasteiger partial charge in [0.05, 0.1) is 0 Å². The van der Waals surface area contributed by atoms with Crippen molar-refractivity contribution in [1.29, 1.82) is 0 Å². The smallest absolute Gasteiger partial charge is 0.0352 e. The van der Waals surface area contributed by atoms with Crippen molar-refractivity contribution < 1.29 is 0 Å². The molecule has 36 heavy (non-hydrogen) atoms. The van der Waals surface area contributed by atoms with E-state index in [1.165, 1.54) is 76.5 Å². The monoisotopic (exact) mass is 459 g/mol. The molecule has 0 aliphatic heterocycles. The summed E-state index contributed by atoms with van der Waals surface area (Å²) >= 11 is 0. The third-order valence-corrected chi connectivity index (χ3v) is 8.48. The van der Waals surface area contributed by atoms with Gasteiger partial charge in [-0.05, 0) is 97.6 Å². The topological polar surface area (TPSA) is 12.9 Å². The number of nitrogens with zero attached hydrogens (tertiary/aromatic N) is 1. The zero-order valence-corrected chi connectivity index (χ0v) is 20.4. The Bertz CT molecular complexity index is 1970. The van der Waals surface area contributed by atoms with E-state index in [1.54, 1.807) is 0 Å². The van der Waals surface area contributed by atoms with Crippen molar-refractivity contribution in [2.45, 2.75) is 25.7 Å². The first kappa shape index (κ1) is 20.0. The molecule has 1 heteroatoms. The minimum absolute atomic E-state index is 0.419. The third-order valence-electron chi connectivity index (χ3n) is 8.48. The fourth-order valence-corrected chi connectivity index (χ4v) is 6.87. The summed E-state index contributed by atoms with van der Waals surface area (Å²) in [6, 6.07) is 25.3. The third kappa shape index (κ3) is 2.58. The maximum Gasteiger partial charge on any atom is 0.0352 e. The Kier molecular flexibility index (Phi) is 3.97. The van der Waals surface area contributed by atoms with E-state index >= 15 is 0 Å². The van der Waals surface area contributed by atoms with Gasteiger partial charge in [0.15, 0.2) is 0 Å². The second-order valence-electron chi connectivity index (χ2n) is 10.5. The molecule has 0 spiro atoms. The standard InChI is InChI=1S/C35H25N/c1-20-10-12-25-28(16-20)29(24-9-5-6-22-14-15-36-19-33(22)24)17-31-27-13-11-21(2)34-26-8-4-3-7-23(26)32(35(27)34)18-30(25)31/h3-19,23,26H,1-2H3. The molecule has 0 radical (unpaired) electrons. The quantitative estimate of drug-likeness (QED) is 0.223. The van der Waals surface area contributed by atoms with Gasteiger partial charge in [0, 0.05) is 29.6 Å². The maximum absolute atomic E-state index is 4.48. The van der Waals surface area contributed by atoms with Crippen LogP contribution in [0.2, 0.25) is 0 Å². The fraction of sp³-hybridized carbons (Fsp3) is 0.114. The minimum atomic E-state index is 0.419. The lowest BCUT2D eigenvalue weighted by Gasteiger charge is -2.18. The van der Waals surface area contributed by atoms with Crippen LogP contribution in [0.5, 0.6) is 0 Å². The molecule has 0 bridgehead atoms. The summed E-state index contributed by atoms with van der Waals surface area (Å²) in [6.07, 6.45) is 13.1. The SMILES string of the molecule is Cc1ccc2c(c1)c(-c1cccc3ccncc13)cc1c3ccc(C)c4c3c(cc21)C1C=CC=CC41. The Morgan fingerprint density at radius 1 is 0.639 bits per heavy atom. The van der Waals surface area contributed by atoms with Gasteiger partial charge in [-0.15, -0.1) is 0 Å². The molecule has 2 atom stereocenters. The average molecular weight is 460 g/mol. The molecule has 0 saturated heterocycles. The van der Waals surface area contributed by atoms with Crippen LogP contribution in [-0.4, -0.2) is 4.98 Å². The van der Waals surface area contributed by atoms with Crippen LogP contribution in [0.25, 0.3) is 54.2 Å². The number of aryl methyl sites for hydroxylation is 2. The van der Waals surface area contributed by atoms with E-state index in [2.05, 4.69) is 110 Å². The lowest BCUT2D eigenvalue weighted by molar-refractivity contribution is 0.765.